The number of likely N-dealkylation sites (tertiary alicyclic amines) is 1. The van der Waals surface area contributed by atoms with Crippen LogP contribution in [0.2, 0.25) is 5.02 Å². The van der Waals surface area contributed by atoms with E-state index in [0.29, 0.717) is 40.5 Å². The number of ketones is 3. The molecular formula is C24H22ClNO3. The Labute approximate surface area is 175 Å². The Hall–Kier alpha value is -2.72. The maximum atomic E-state index is 13.6. The van der Waals surface area contributed by atoms with Crippen LogP contribution in [0.5, 0.6) is 0 Å². The lowest BCUT2D eigenvalue weighted by atomic mass is 9.76. The van der Waals surface area contributed by atoms with Gasteiger partial charge in [-0.25, -0.2) is 0 Å². The summed E-state index contributed by atoms with van der Waals surface area (Å²) in [5, 5.41) is 0.490. The summed E-state index contributed by atoms with van der Waals surface area (Å²) in [7, 11) is 0. The zero-order valence-corrected chi connectivity index (χ0v) is 17.0. The van der Waals surface area contributed by atoms with E-state index in [0.717, 1.165) is 19.3 Å². The molecular weight excluding hydrogens is 386 g/mol. The normalized spacial score (nSPS) is 17.9. The Morgan fingerprint density at radius 3 is 2.21 bits per heavy atom. The van der Waals surface area contributed by atoms with Crippen molar-refractivity contribution in [3.05, 3.63) is 81.5 Å². The third kappa shape index (κ3) is 3.53. The first-order valence-corrected chi connectivity index (χ1v) is 10.3. The van der Waals surface area contributed by atoms with E-state index in [1.54, 1.807) is 48.5 Å². The van der Waals surface area contributed by atoms with Gasteiger partial charge in [0.1, 0.15) is 5.78 Å². The summed E-state index contributed by atoms with van der Waals surface area (Å²) < 4.78 is 0. The summed E-state index contributed by atoms with van der Waals surface area (Å²) >= 11 is 6.17. The molecule has 0 aromatic heterocycles. The van der Waals surface area contributed by atoms with Crippen LogP contribution in [0.4, 0.5) is 0 Å². The largest absolute Gasteiger partial charge is 0.368 e. The molecule has 4 nitrogen and oxygen atoms in total. The molecule has 2 aliphatic rings. The highest BCUT2D eigenvalue weighted by molar-refractivity contribution is 6.31. The zero-order chi connectivity index (χ0) is 20.5. The number of benzene rings is 2. The van der Waals surface area contributed by atoms with E-state index < -0.39 is 5.92 Å². The van der Waals surface area contributed by atoms with Gasteiger partial charge in [-0.1, -0.05) is 48.0 Å². The fraction of sp³-hybridized carbons (Fsp3) is 0.292. The lowest BCUT2D eigenvalue weighted by Crippen LogP contribution is -2.39. The summed E-state index contributed by atoms with van der Waals surface area (Å²) in [5.41, 5.74) is 2.07. The van der Waals surface area contributed by atoms with Crippen LogP contribution in [0.15, 0.2) is 59.8 Å². The fourth-order valence-corrected chi connectivity index (χ4v) is 4.57. The van der Waals surface area contributed by atoms with Gasteiger partial charge in [0.05, 0.1) is 11.6 Å². The molecule has 1 heterocycles. The van der Waals surface area contributed by atoms with Gasteiger partial charge in [-0.2, -0.15) is 0 Å². The van der Waals surface area contributed by atoms with Crippen LogP contribution in [-0.2, 0) is 4.79 Å². The first kappa shape index (κ1) is 19.6. The Morgan fingerprint density at radius 2 is 1.59 bits per heavy atom. The predicted octanol–water partition coefficient (Wildman–Crippen LogP) is 4.83. The monoisotopic (exact) mass is 407 g/mol. The second-order valence-corrected chi connectivity index (χ2v) is 8.05. The van der Waals surface area contributed by atoms with Gasteiger partial charge in [-0.3, -0.25) is 14.4 Å². The number of carbonyl (C=O) groups is 3. The quantitative estimate of drug-likeness (QED) is 0.728. The third-order valence-electron chi connectivity index (χ3n) is 5.68. The first-order valence-electron chi connectivity index (χ1n) is 9.92. The van der Waals surface area contributed by atoms with Crippen molar-refractivity contribution in [3.63, 3.8) is 0 Å². The maximum Gasteiger partial charge on any atom is 0.210 e. The molecule has 4 rings (SSSR count). The molecule has 0 radical (unpaired) electrons. The van der Waals surface area contributed by atoms with Crippen molar-refractivity contribution >= 4 is 29.0 Å². The Kier molecular flexibility index (Phi) is 5.37. The zero-order valence-electron chi connectivity index (χ0n) is 16.3. The molecule has 0 saturated carbocycles. The number of carbonyl (C=O) groups excluding carboxylic acids is 3. The Bertz CT molecular complexity index is 1030. The molecule has 1 unspecified atom stereocenters. The molecule has 0 spiro atoms. The second kappa shape index (κ2) is 7.96. The van der Waals surface area contributed by atoms with Crippen LogP contribution >= 0.6 is 11.6 Å². The van der Waals surface area contributed by atoms with Gasteiger partial charge in [0, 0.05) is 34.8 Å². The van der Waals surface area contributed by atoms with E-state index in [1.165, 1.54) is 6.92 Å². The van der Waals surface area contributed by atoms with Crippen molar-refractivity contribution in [1.82, 2.24) is 4.90 Å². The molecule has 1 fully saturated rings. The predicted molar refractivity (Wildman–Crippen MR) is 112 cm³/mol. The highest BCUT2D eigenvalue weighted by atomic mass is 35.5. The average Bonchev–Trinajstić information content (AvgIpc) is 2.72. The molecule has 1 aliphatic heterocycles. The molecule has 2 aromatic carbocycles. The number of rotatable bonds is 4. The van der Waals surface area contributed by atoms with Crippen LogP contribution in [0.25, 0.3) is 0 Å². The van der Waals surface area contributed by atoms with E-state index >= 15 is 0 Å². The second-order valence-electron chi connectivity index (χ2n) is 7.61. The number of fused-ring (bicyclic) bond motifs is 1. The van der Waals surface area contributed by atoms with Gasteiger partial charge in [0.15, 0.2) is 5.78 Å². The Morgan fingerprint density at radius 1 is 0.931 bits per heavy atom. The lowest BCUT2D eigenvalue weighted by molar-refractivity contribution is -0.117. The summed E-state index contributed by atoms with van der Waals surface area (Å²) in [5.74, 6) is -1.43. The van der Waals surface area contributed by atoms with Crippen LogP contribution in [-0.4, -0.2) is 35.3 Å². The van der Waals surface area contributed by atoms with Crippen molar-refractivity contribution in [2.24, 2.45) is 0 Å². The van der Waals surface area contributed by atoms with Crippen LogP contribution in [0.1, 0.15) is 58.4 Å². The van der Waals surface area contributed by atoms with Crippen molar-refractivity contribution in [2.75, 3.05) is 13.1 Å². The maximum absolute atomic E-state index is 13.6. The SMILES string of the molecule is CC(=O)C(C1=C(N2CCCCC2)C(=O)c2ccccc2C1=O)c1cccc(Cl)c1. The summed E-state index contributed by atoms with van der Waals surface area (Å²) in [4.78, 5) is 41.9. The highest BCUT2D eigenvalue weighted by Gasteiger charge is 2.40. The van der Waals surface area contributed by atoms with Crippen molar-refractivity contribution in [2.45, 2.75) is 32.1 Å². The Balaban J connectivity index is 1.96. The van der Waals surface area contributed by atoms with Gasteiger partial charge < -0.3 is 4.90 Å². The molecule has 1 aliphatic carbocycles. The third-order valence-corrected chi connectivity index (χ3v) is 5.92. The summed E-state index contributed by atoms with van der Waals surface area (Å²) in [6.45, 7) is 2.88. The van der Waals surface area contributed by atoms with E-state index in [9.17, 15) is 14.4 Å². The number of halogens is 1. The van der Waals surface area contributed by atoms with Crippen molar-refractivity contribution in [3.8, 4) is 0 Å². The molecule has 29 heavy (non-hydrogen) atoms. The lowest BCUT2D eigenvalue weighted by Gasteiger charge is -2.35. The summed E-state index contributed by atoms with van der Waals surface area (Å²) in [6.07, 6.45) is 3.02. The van der Waals surface area contributed by atoms with E-state index in [1.807, 2.05) is 4.90 Å². The minimum atomic E-state index is -0.824. The van der Waals surface area contributed by atoms with Crippen molar-refractivity contribution < 1.29 is 14.4 Å². The van der Waals surface area contributed by atoms with Crippen molar-refractivity contribution in [1.29, 1.82) is 0 Å². The molecule has 1 saturated heterocycles. The molecule has 5 heteroatoms. The molecule has 0 amide bonds. The van der Waals surface area contributed by atoms with Gasteiger partial charge in [0.2, 0.25) is 5.78 Å². The number of nitrogens with zero attached hydrogens (tertiary/aromatic N) is 1. The van der Waals surface area contributed by atoms with E-state index in [4.69, 9.17) is 11.6 Å². The van der Waals surface area contributed by atoms with Gasteiger partial charge >= 0.3 is 0 Å². The van der Waals surface area contributed by atoms with E-state index in [2.05, 4.69) is 0 Å². The minimum Gasteiger partial charge on any atom is -0.368 e. The molecule has 1 atom stereocenters. The van der Waals surface area contributed by atoms with Gasteiger partial charge in [0.25, 0.3) is 0 Å². The number of hydrogen-bond donors (Lipinski definition) is 0. The standard InChI is InChI=1S/C24H22ClNO3/c1-15(27)20(16-8-7-9-17(25)14-16)21-22(26-12-5-2-6-13-26)24(29)19-11-4-3-10-18(19)23(21)28/h3-4,7-11,14,20H,2,5-6,12-13H2,1H3. The van der Waals surface area contributed by atoms with Crippen LogP contribution < -0.4 is 0 Å². The van der Waals surface area contributed by atoms with Gasteiger partial charge in [-0.15, -0.1) is 0 Å². The first-order chi connectivity index (χ1) is 14.0. The number of piperidine rings is 1. The molecule has 148 valence electrons. The number of Topliss-reactive ketones (excluding diaryl/α,β-unsaturated/α-hetero) is 3. The van der Waals surface area contributed by atoms with Crippen LogP contribution in [0.3, 0.4) is 0 Å². The van der Waals surface area contributed by atoms with E-state index in [-0.39, 0.29) is 22.9 Å². The van der Waals surface area contributed by atoms with Crippen LogP contribution in [0, 0.1) is 0 Å². The average molecular weight is 408 g/mol. The minimum absolute atomic E-state index is 0.176. The highest BCUT2D eigenvalue weighted by Crippen LogP contribution is 2.38. The number of allylic oxidation sites excluding steroid dienone is 2. The topological polar surface area (TPSA) is 54.5 Å². The van der Waals surface area contributed by atoms with Gasteiger partial charge in [-0.05, 0) is 43.9 Å². The molecule has 0 bridgehead atoms. The summed E-state index contributed by atoms with van der Waals surface area (Å²) in [6, 6.07) is 13.8. The smallest absolute Gasteiger partial charge is 0.210 e. The fourth-order valence-electron chi connectivity index (χ4n) is 4.37. The molecule has 0 N–H and O–H groups in total. The number of hydrogen-bond acceptors (Lipinski definition) is 4. The molecule has 2 aromatic rings.